The predicted octanol–water partition coefficient (Wildman–Crippen LogP) is 2.26. The Labute approximate surface area is 109 Å². The van der Waals surface area contributed by atoms with E-state index >= 15 is 0 Å². The molecule has 1 N–H and O–H groups in total. The number of nitrogens with zero attached hydrogens (tertiary/aromatic N) is 1. The van der Waals surface area contributed by atoms with Gasteiger partial charge in [-0.15, -0.1) is 0 Å². The number of ether oxygens (including phenoxy) is 1. The minimum atomic E-state index is 0.683. The van der Waals surface area contributed by atoms with Crippen LogP contribution in [-0.2, 0) is 0 Å². The molecular formula is C13H21ClN2O. The molecule has 3 nitrogen and oxygen atoms in total. The maximum absolute atomic E-state index is 5.87. The molecule has 0 aliphatic heterocycles. The van der Waals surface area contributed by atoms with Gasteiger partial charge >= 0.3 is 0 Å². The average Bonchev–Trinajstić information content (AvgIpc) is 2.29. The van der Waals surface area contributed by atoms with Crippen LogP contribution in [-0.4, -0.2) is 44.7 Å². The lowest BCUT2D eigenvalue weighted by molar-refractivity contribution is 0.238. The zero-order valence-electron chi connectivity index (χ0n) is 10.6. The van der Waals surface area contributed by atoms with E-state index in [1.807, 2.05) is 24.3 Å². The highest BCUT2D eigenvalue weighted by Gasteiger charge is 1.99. The highest BCUT2D eigenvalue weighted by molar-refractivity contribution is 6.30. The number of halogens is 1. The summed E-state index contributed by atoms with van der Waals surface area (Å²) in [5, 5.41) is 4.01. The van der Waals surface area contributed by atoms with Crippen molar-refractivity contribution in [3.05, 3.63) is 29.3 Å². The quantitative estimate of drug-likeness (QED) is 0.722. The maximum atomic E-state index is 5.87. The standard InChI is InChI=1S/C13H21ClN2O/c1-3-15-7-8-16(2)9-10-17-13-6-4-5-12(14)11-13/h4-6,11,15H,3,7-10H2,1-2H3. The van der Waals surface area contributed by atoms with Gasteiger partial charge in [0.05, 0.1) is 0 Å². The monoisotopic (exact) mass is 256 g/mol. The van der Waals surface area contributed by atoms with Crippen LogP contribution in [0.1, 0.15) is 6.92 Å². The third-order valence-corrected chi connectivity index (χ3v) is 2.69. The van der Waals surface area contributed by atoms with E-state index in [2.05, 4.69) is 24.2 Å². The van der Waals surface area contributed by atoms with Crippen molar-refractivity contribution < 1.29 is 4.74 Å². The van der Waals surface area contributed by atoms with Crippen LogP contribution >= 0.6 is 11.6 Å². The summed E-state index contributed by atoms with van der Waals surface area (Å²) in [6.45, 7) is 6.78. The molecule has 0 unspecified atom stereocenters. The summed E-state index contributed by atoms with van der Waals surface area (Å²) in [7, 11) is 2.10. The van der Waals surface area contributed by atoms with E-state index in [-0.39, 0.29) is 0 Å². The smallest absolute Gasteiger partial charge is 0.120 e. The van der Waals surface area contributed by atoms with E-state index in [0.29, 0.717) is 11.6 Å². The Balaban J connectivity index is 2.14. The molecule has 0 bridgehead atoms. The summed E-state index contributed by atoms with van der Waals surface area (Å²) in [6, 6.07) is 7.49. The van der Waals surface area contributed by atoms with Gasteiger partial charge in [-0.2, -0.15) is 0 Å². The summed E-state index contributed by atoms with van der Waals surface area (Å²) >= 11 is 5.87. The topological polar surface area (TPSA) is 24.5 Å². The summed E-state index contributed by atoms with van der Waals surface area (Å²) in [4.78, 5) is 2.24. The normalized spacial score (nSPS) is 10.8. The minimum absolute atomic E-state index is 0.683. The fourth-order valence-corrected chi connectivity index (χ4v) is 1.61. The van der Waals surface area contributed by atoms with Gasteiger partial charge in [0.2, 0.25) is 0 Å². The van der Waals surface area contributed by atoms with Crippen molar-refractivity contribution in [2.75, 3.05) is 39.8 Å². The van der Waals surface area contributed by atoms with Crippen molar-refractivity contribution in [1.29, 1.82) is 0 Å². The van der Waals surface area contributed by atoms with Gasteiger partial charge in [0, 0.05) is 24.7 Å². The van der Waals surface area contributed by atoms with E-state index in [9.17, 15) is 0 Å². The lowest BCUT2D eigenvalue weighted by Crippen LogP contribution is -2.31. The second-order valence-corrected chi connectivity index (χ2v) is 4.40. The summed E-state index contributed by atoms with van der Waals surface area (Å²) < 4.78 is 5.62. The molecule has 4 heteroatoms. The average molecular weight is 257 g/mol. The summed E-state index contributed by atoms with van der Waals surface area (Å²) in [5.74, 6) is 0.831. The second-order valence-electron chi connectivity index (χ2n) is 3.96. The number of likely N-dealkylation sites (N-methyl/N-ethyl adjacent to an activating group) is 2. The molecule has 0 heterocycles. The summed E-state index contributed by atoms with van der Waals surface area (Å²) in [6.07, 6.45) is 0. The Kier molecular flexibility index (Phi) is 7.01. The first kappa shape index (κ1) is 14.3. The van der Waals surface area contributed by atoms with Crippen molar-refractivity contribution in [2.45, 2.75) is 6.92 Å². The van der Waals surface area contributed by atoms with Gasteiger partial charge in [-0.1, -0.05) is 24.6 Å². The molecule has 1 aromatic rings. The van der Waals surface area contributed by atoms with Gasteiger partial charge in [0.15, 0.2) is 0 Å². The molecule has 0 fully saturated rings. The molecule has 0 radical (unpaired) electrons. The first-order valence-corrected chi connectivity index (χ1v) is 6.37. The molecular weight excluding hydrogens is 236 g/mol. The number of hydrogen-bond acceptors (Lipinski definition) is 3. The Morgan fingerprint density at radius 2 is 2.18 bits per heavy atom. The van der Waals surface area contributed by atoms with Crippen LogP contribution in [0, 0.1) is 0 Å². The van der Waals surface area contributed by atoms with Crippen LogP contribution in [0.15, 0.2) is 24.3 Å². The highest BCUT2D eigenvalue weighted by Crippen LogP contribution is 2.16. The SMILES string of the molecule is CCNCCN(C)CCOc1cccc(Cl)c1. The van der Waals surface area contributed by atoms with Crippen LogP contribution in [0.25, 0.3) is 0 Å². The molecule has 0 amide bonds. The molecule has 0 aromatic heterocycles. The Bertz CT molecular complexity index is 320. The van der Waals surface area contributed by atoms with E-state index < -0.39 is 0 Å². The molecule has 0 saturated heterocycles. The number of rotatable bonds is 8. The van der Waals surface area contributed by atoms with E-state index in [1.165, 1.54) is 0 Å². The number of hydrogen-bond donors (Lipinski definition) is 1. The van der Waals surface area contributed by atoms with Crippen LogP contribution in [0.3, 0.4) is 0 Å². The molecule has 0 spiro atoms. The van der Waals surface area contributed by atoms with Crippen LogP contribution in [0.4, 0.5) is 0 Å². The van der Waals surface area contributed by atoms with E-state index in [4.69, 9.17) is 16.3 Å². The Hall–Kier alpha value is -0.770. The number of benzene rings is 1. The molecule has 0 atom stereocenters. The fourth-order valence-electron chi connectivity index (χ4n) is 1.43. The maximum Gasteiger partial charge on any atom is 0.120 e. The third kappa shape index (κ3) is 6.51. The minimum Gasteiger partial charge on any atom is -0.492 e. The van der Waals surface area contributed by atoms with Crippen molar-refractivity contribution in [1.82, 2.24) is 10.2 Å². The van der Waals surface area contributed by atoms with Crippen molar-refractivity contribution in [2.24, 2.45) is 0 Å². The first-order chi connectivity index (χ1) is 8.22. The summed E-state index contributed by atoms with van der Waals surface area (Å²) in [5.41, 5.74) is 0. The predicted molar refractivity (Wildman–Crippen MR) is 73.0 cm³/mol. The van der Waals surface area contributed by atoms with Gasteiger partial charge in [-0.25, -0.2) is 0 Å². The van der Waals surface area contributed by atoms with E-state index in [0.717, 1.165) is 31.9 Å². The third-order valence-electron chi connectivity index (χ3n) is 2.46. The van der Waals surface area contributed by atoms with Crippen LogP contribution < -0.4 is 10.1 Å². The Morgan fingerprint density at radius 1 is 1.35 bits per heavy atom. The fraction of sp³-hybridized carbons (Fsp3) is 0.538. The molecule has 96 valence electrons. The number of nitrogens with one attached hydrogen (secondary N) is 1. The Morgan fingerprint density at radius 3 is 2.88 bits per heavy atom. The zero-order chi connectivity index (χ0) is 12.5. The van der Waals surface area contributed by atoms with Crippen LogP contribution in [0.2, 0.25) is 5.02 Å². The van der Waals surface area contributed by atoms with Gasteiger partial charge < -0.3 is 15.0 Å². The highest BCUT2D eigenvalue weighted by atomic mass is 35.5. The van der Waals surface area contributed by atoms with Crippen LogP contribution in [0.5, 0.6) is 5.75 Å². The molecule has 1 rings (SSSR count). The van der Waals surface area contributed by atoms with Gasteiger partial charge in [-0.05, 0) is 31.8 Å². The lowest BCUT2D eigenvalue weighted by Gasteiger charge is -2.17. The van der Waals surface area contributed by atoms with E-state index in [1.54, 1.807) is 0 Å². The molecule has 0 aliphatic carbocycles. The van der Waals surface area contributed by atoms with Gasteiger partial charge in [0.1, 0.15) is 12.4 Å². The van der Waals surface area contributed by atoms with Gasteiger partial charge in [0.25, 0.3) is 0 Å². The van der Waals surface area contributed by atoms with Crippen molar-refractivity contribution in [3.63, 3.8) is 0 Å². The molecule has 1 aromatic carbocycles. The van der Waals surface area contributed by atoms with Crippen molar-refractivity contribution in [3.8, 4) is 5.75 Å². The first-order valence-electron chi connectivity index (χ1n) is 6.00. The largest absolute Gasteiger partial charge is 0.492 e. The molecule has 17 heavy (non-hydrogen) atoms. The van der Waals surface area contributed by atoms with Gasteiger partial charge in [-0.3, -0.25) is 0 Å². The molecule has 0 aliphatic rings. The zero-order valence-corrected chi connectivity index (χ0v) is 11.3. The lowest BCUT2D eigenvalue weighted by atomic mass is 10.3. The second kappa shape index (κ2) is 8.34. The van der Waals surface area contributed by atoms with Crippen molar-refractivity contribution >= 4 is 11.6 Å². The molecule has 0 saturated carbocycles.